The van der Waals surface area contributed by atoms with Gasteiger partial charge < -0.3 is 15.3 Å². The lowest BCUT2D eigenvalue weighted by molar-refractivity contribution is -0.136. The zero-order valence-electron chi connectivity index (χ0n) is 23.1. The Morgan fingerprint density at radius 3 is 2.31 bits per heavy atom. The number of benzene rings is 4. The summed E-state index contributed by atoms with van der Waals surface area (Å²) in [6, 6.07) is 33.1. The van der Waals surface area contributed by atoms with Gasteiger partial charge >= 0.3 is 5.97 Å². The number of nitrogens with zero attached hydrogens (tertiary/aromatic N) is 2. The number of hydrogen-bond donors (Lipinski definition) is 2. The van der Waals surface area contributed by atoms with Crippen molar-refractivity contribution in [2.75, 3.05) is 11.4 Å². The summed E-state index contributed by atoms with van der Waals surface area (Å²) < 4.78 is 0. The summed E-state index contributed by atoms with van der Waals surface area (Å²) in [5.41, 5.74) is 9.85. The predicted octanol–water partition coefficient (Wildman–Crippen LogP) is 7.51. The highest BCUT2D eigenvalue weighted by Gasteiger charge is 2.19. The highest BCUT2D eigenvalue weighted by Crippen LogP contribution is 2.36. The van der Waals surface area contributed by atoms with Gasteiger partial charge in [0.2, 0.25) is 0 Å². The van der Waals surface area contributed by atoms with Gasteiger partial charge in [-0.3, -0.25) is 9.59 Å². The number of rotatable bonds is 10. The van der Waals surface area contributed by atoms with Gasteiger partial charge in [0.25, 0.3) is 5.91 Å². The Bertz CT molecular complexity index is 1700. The fourth-order valence-corrected chi connectivity index (χ4v) is 6.16. The summed E-state index contributed by atoms with van der Waals surface area (Å²) in [7, 11) is 0. The van der Waals surface area contributed by atoms with Gasteiger partial charge in [-0.2, -0.15) is 0 Å². The van der Waals surface area contributed by atoms with Gasteiger partial charge in [-0.25, -0.2) is 4.98 Å². The molecule has 7 heteroatoms. The molecule has 0 saturated heterocycles. The number of nitrogens with one attached hydrogen (secondary N) is 1. The second-order valence-corrected chi connectivity index (χ2v) is 11.3. The lowest BCUT2D eigenvalue weighted by Gasteiger charge is -2.23. The molecular formula is C35H31N3O3S. The Hall–Kier alpha value is -4.75. The predicted molar refractivity (Wildman–Crippen MR) is 168 cm³/mol. The third-order valence-corrected chi connectivity index (χ3v) is 8.45. The maximum absolute atomic E-state index is 12.4. The molecule has 0 atom stereocenters. The molecule has 5 aromatic rings. The molecule has 6 rings (SSSR count). The fourth-order valence-electron chi connectivity index (χ4n) is 5.31. The average molecular weight is 574 g/mol. The first-order chi connectivity index (χ1) is 20.5. The number of aliphatic carboxylic acids is 1. The van der Waals surface area contributed by atoms with Crippen LogP contribution in [0.4, 0.5) is 10.8 Å². The first-order valence-electron chi connectivity index (χ1n) is 14.1. The minimum absolute atomic E-state index is 0.101. The van der Waals surface area contributed by atoms with Crippen LogP contribution in [-0.2, 0) is 24.2 Å². The second-order valence-electron chi connectivity index (χ2n) is 10.4. The van der Waals surface area contributed by atoms with E-state index in [1.165, 1.54) is 28.7 Å². The first kappa shape index (κ1) is 27.4. The molecule has 4 aromatic carbocycles. The number of hydrogen-bond acceptors (Lipinski definition) is 5. The summed E-state index contributed by atoms with van der Waals surface area (Å²) in [4.78, 5) is 30.5. The third-order valence-electron chi connectivity index (χ3n) is 7.59. The molecule has 1 amide bonds. The van der Waals surface area contributed by atoms with Crippen LogP contribution in [0.5, 0.6) is 0 Å². The molecule has 2 N–H and O–H groups in total. The van der Waals surface area contributed by atoms with Crippen LogP contribution in [-0.4, -0.2) is 28.5 Å². The van der Waals surface area contributed by atoms with Crippen LogP contribution in [0, 0.1) is 0 Å². The molecule has 0 spiro atoms. The van der Waals surface area contributed by atoms with Crippen LogP contribution in [0.2, 0.25) is 0 Å². The van der Waals surface area contributed by atoms with E-state index < -0.39 is 5.97 Å². The lowest BCUT2D eigenvalue weighted by Crippen LogP contribution is -2.26. The van der Waals surface area contributed by atoms with Crippen molar-refractivity contribution < 1.29 is 14.7 Å². The molecule has 1 aliphatic carbocycles. The van der Waals surface area contributed by atoms with Crippen LogP contribution in [0.25, 0.3) is 22.4 Å². The number of anilines is 2. The topological polar surface area (TPSA) is 82.5 Å². The SMILES string of the molecule is O=C(O)CCNC(=O)c1ccc(CN(c2ccc3c(c2)CCC3)c2nc(-c3ccc(-c4ccccc4)cc3)cs2)cc1. The van der Waals surface area contributed by atoms with Gasteiger partial charge in [0.05, 0.1) is 18.7 Å². The number of aromatic nitrogens is 1. The molecule has 210 valence electrons. The maximum atomic E-state index is 12.4. The van der Waals surface area contributed by atoms with Crippen molar-refractivity contribution in [3.63, 3.8) is 0 Å². The molecule has 0 fully saturated rings. The average Bonchev–Trinajstić information content (AvgIpc) is 3.70. The van der Waals surface area contributed by atoms with E-state index in [-0.39, 0.29) is 18.9 Å². The minimum atomic E-state index is -0.938. The van der Waals surface area contributed by atoms with E-state index >= 15 is 0 Å². The third kappa shape index (κ3) is 6.26. The molecule has 6 nitrogen and oxygen atoms in total. The number of carbonyl (C=O) groups is 2. The van der Waals surface area contributed by atoms with Crippen molar-refractivity contribution in [2.45, 2.75) is 32.2 Å². The highest BCUT2D eigenvalue weighted by molar-refractivity contribution is 7.14. The van der Waals surface area contributed by atoms with E-state index in [2.05, 4.69) is 70.2 Å². The van der Waals surface area contributed by atoms with Gasteiger partial charge in [-0.05, 0) is 71.3 Å². The number of carbonyl (C=O) groups excluding carboxylic acids is 1. The van der Waals surface area contributed by atoms with Crippen molar-refractivity contribution in [1.29, 1.82) is 0 Å². The second kappa shape index (κ2) is 12.4. The van der Waals surface area contributed by atoms with Crippen LogP contribution >= 0.6 is 11.3 Å². The van der Waals surface area contributed by atoms with E-state index in [0.717, 1.165) is 40.5 Å². The summed E-state index contributed by atoms with van der Waals surface area (Å²) in [5, 5.41) is 14.5. The van der Waals surface area contributed by atoms with Gasteiger partial charge in [-0.1, -0.05) is 72.8 Å². The van der Waals surface area contributed by atoms with Gasteiger partial charge in [0.15, 0.2) is 5.13 Å². The van der Waals surface area contributed by atoms with Crippen molar-refractivity contribution in [1.82, 2.24) is 10.3 Å². The van der Waals surface area contributed by atoms with Crippen molar-refractivity contribution in [2.24, 2.45) is 0 Å². The standard InChI is InChI=1S/C35H31N3O3S/c39-33(40)19-20-36-34(41)29-11-9-24(10-12-29)22-38(31-18-17-26-7-4-8-30(26)21-31)35-37-32(23-42-35)28-15-13-27(14-16-28)25-5-2-1-3-6-25/h1-3,5-6,9-18,21,23H,4,7-8,19-20,22H2,(H,36,41)(H,39,40). The summed E-state index contributed by atoms with van der Waals surface area (Å²) in [6.45, 7) is 0.697. The number of aryl methyl sites for hydroxylation is 2. The Kier molecular flexibility index (Phi) is 8.10. The maximum Gasteiger partial charge on any atom is 0.305 e. The molecule has 42 heavy (non-hydrogen) atoms. The molecular weight excluding hydrogens is 542 g/mol. The fraction of sp³-hybridized carbons (Fsp3) is 0.171. The van der Waals surface area contributed by atoms with E-state index in [4.69, 9.17) is 10.1 Å². The number of carboxylic acids is 1. The van der Waals surface area contributed by atoms with E-state index in [1.807, 2.05) is 30.3 Å². The van der Waals surface area contributed by atoms with Crippen molar-refractivity contribution >= 4 is 34.0 Å². The van der Waals surface area contributed by atoms with Gasteiger partial charge in [0, 0.05) is 28.7 Å². The largest absolute Gasteiger partial charge is 0.481 e. The van der Waals surface area contributed by atoms with Crippen LogP contribution in [0.1, 0.15) is 39.9 Å². The molecule has 0 saturated carbocycles. The smallest absolute Gasteiger partial charge is 0.305 e. The quantitative estimate of drug-likeness (QED) is 0.181. The van der Waals surface area contributed by atoms with E-state index in [1.54, 1.807) is 23.5 Å². The molecule has 1 aliphatic rings. The van der Waals surface area contributed by atoms with Crippen LogP contribution < -0.4 is 10.2 Å². The monoisotopic (exact) mass is 573 g/mol. The molecule has 0 unspecified atom stereocenters. The van der Waals surface area contributed by atoms with Gasteiger partial charge in [0.1, 0.15) is 0 Å². The molecule has 1 heterocycles. The molecule has 1 aromatic heterocycles. The Balaban J connectivity index is 1.25. The molecule has 0 aliphatic heterocycles. The lowest BCUT2D eigenvalue weighted by atomic mass is 10.0. The van der Waals surface area contributed by atoms with Gasteiger partial charge in [-0.15, -0.1) is 11.3 Å². The normalized spacial score (nSPS) is 12.1. The molecule has 0 radical (unpaired) electrons. The zero-order chi connectivity index (χ0) is 28.9. The number of thiazole rings is 1. The minimum Gasteiger partial charge on any atom is -0.481 e. The number of fused-ring (bicyclic) bond motifs is 1. The molecule has 0 bridgehead atoms. The summed E-state index contributed by atoms with van der Waals surface area (Å²) in [6.07, 6.45) is 3.31. The van der Waals surface area contributed by atoms with Crippen molar-refractivity contribution in [3.05, 3.63) is 125 Å². The Morgan fingerprint density at radius 1 is 0.833 bits per heavy atom. The number of carboxylic acid groups (broad SMARTS) is 1. The Morgan fingerprint density at radius 2 is 1.55 bits per heavy atom. The van der Waals surface area contributed by atoms with Crippen LogP contribution in [0.15, 0.2) is 102 Å². The Labute approximate surface area is 249 Å². The van der Waals surface area contributed by atoms with Crippen LogP contribution in [0.3, 0.4) is 0 Å². The zero-order valence-corrected chi connectivity index (χ0v) is 23.9. The summed E-state index contributed by atoms with van der Waals surface area (Å²) in [5.74, 6) is -1.21. The van der Waals surface area contributed by atoms with E-state index in [0.29, 0.717) is 12.1 Å². The summed E-state index contributed by atoms with van der Waals surface area (Å²) >= 11 is 1.62. The number of amides is 1. The first-order valence-corrected chi connectivity index (χ1v) is 15.0. The van der Waals surface area contributed by atoms with Crippen molar-refractivity contribution in [3.8, 4) is 22.4 Å². The highest BCUT2D eigenvalue weighted by atomic mass is 32.1. The van der Waals surface area contributed by atoms with E-state index in [9.17, 15) is 9.59 Å².